The first-order valence-electron chi connectivity index (χ1n) is 17.3. The summed E-state index contributed by atoms with van der Waals surface area (Å²) in [4.78, 5) is 10.5. The van der Waals surface area contributed by atoms with E-state index in [0.717, 1.165) is 71.8 Å². The molecule has 0 amide bonds. The van der Waals surface area contributed by atoms with E-state index in [0.29, 0.717) is 5.84 Å². The summed E-state index contributed by atoms with van der Waals surface area (Å²) >= 11 is 0. The summed E-state index contributed by atoms with van der Waals surface area (Å²) in [5.41, 5.74) is 9.21. The monoisotopic (exact) mass is 653 g/mol. The van der Waals surface area contributed by atoms with Crippen molar-refractivity contribution in [2.24, 2.45) is 9.98 Å². The largest absolute Gasteiger partial charge is 0.455 e. The average molecular weight is 654 g/mol. The second kappa shape index (κ2) is 12.0. The SMILES string of the molecule is c1ccc(C2=NC(c3cccc4ccccc34)NC(c3ccc(-c4ccc(-c5ccccc5)cc4)c4oc5cc6ccccc6cc5c34)=N2)cc1. The van der Waals surface area contributed by atoms with Gasteiger partial charge in [-0.25, -0.2) is 9.98 Å². The van der Waals surface area contributed by atoms with E-state index in [2.05, 4.69) is 157 Å². The maximum absolute atomic E-state index is 6.86. The smallest absolute Gasteiger partial charge is 0.159 e. The van der Waals surface area contributed by atoms with Gasteiger partial charge in [0.25, 0.3) is 0 Å². The van der Waals surface area contributed by atoms with Crippen LogP contribution in [0.25, 0.3) is 65.7 Å². The fourth-order valence-corrected chi connectivity index (χ4v) is 7.41. The van der Waals surface area contributed by atoms with Crippen LogP contribution in [0.3, 0.4) is 0 Å². The first-order valence-corrected chi connectivity index (χ1v) is 17.3. The molecule has 0 saturated carbocycles. The zero-order valence-corrected chi connectivity index (χ0v) is 27.6. The molecule has 1 N–H and O–H groups in total. The molecule has 1 aromatic heterocycles. The number of benzene rings is 8. The van der Waals surface area contributed by atoms with Gasteiger partial charge in [0.2, 0.25) is 0 Å². The van der Waals surface area contributed by atoms with Gasteiger partial charge in [0.15, 0.2) is 5.84 Å². The summed E-state index contributed by atoms with van der Waals surface area (Å²) in [5, 5.41) is 10.5. The second-order valence-electron chi connectivity index (χ2n) is 13.0. The molecule has 1 atom stereocenters. The normalized spacial score (nSPS) is 14.5. The Bertz CT molecular complexity index is 2810. The number of rotatable bonds is 5. The van der Waals surface area contributed by atoms with Crippen molar-refractivity contribution in [3.63, 3.8) is 0 Å². The molecule has 240 valence electrons. The topological polar surface area (TPSA) is 49.9 Å². The van der Waals surface area contributed by atoms with Gasteiger partial charge >= 0.3 is 0 Å². The first-order chi connectivity index (χ1) is 25.3. The number of aliphatic imine (C=N–C) groups is 2. The summed E-state index contributed by atoms with van der Waals surface area (Å²) in [7, 11) is 0. The Morgan fingerprint density at radius 3 is 1.86 bits per heavy atom. The zero-order chi connectivity index (χ0) is 33.7. The Hall–Kier alpha value is -6.78. The summed E-state index contributed by atoms with van der Waals surface area (Å²) in [6.45, 7) is 0. The molecule has 2 heterocycles. The van der Waals surface area contributed by atoms with Crippen LogP contribution in [0.2, 0.25) is 0 Å². The van der Waals surface area contributed by atoms with Crippen LogP contribution >= 0.6 is 0 Å². The van der Waals surface area contributed by atoms with E-state index in [9.17, 15) is 0 Å². The van der Waals surface area contributed by atoms with Gasteiger partial charge in [0.1, 0.15) is 23.2 Å². The number of hydrogen-bond donors (Lipinski definition) is 1. The molecular formula is C47H31N3O. The zero-order valence-electron chi connectivity index (χ0n) is 27.6. The van der Waals surface area contributed by atoms with E-state index >= 15 is 0 Å². The molecular weight excluding hydrogens is 623 g/mol. The number of furan rings is 1. The average Bonchev–Trinajstić information content (AvgIpc) is 3.58. The van der Waals surface area contributed by atoms with Gasteiger partial charge in [-0.1, -0.05) is 152 Å². The van der Waals surface area contributed by atoms with Crippen LogP contribution in [-0.2, 0) is 0 Å². The van der Waals surface area contributed by atoms with Crippen LogP contribution in [0.5, 0.6) is 0 Å². The van der Waals surface area contributed by atoms with Crippen LogP contribution in [0.15, 0.2) is 190 Å². The molecule has 1 aliphatic heterocycles. The standard InChI is InChI=1S/C47H31N3O/c1-3-12-30(13-4-1)31-22-24-33(25-23-31)38-26-27-40(43-41-28-35-17-7-8-18-36(35)29-42(41)51-44(38)43)47-49-45(34-15-5-2-6-16-34)48-46(50-47)39-21-11-19-32-14-9-10-20-37(32)39/h1-29,46H,(H,48,49,50). The lowest BCUT2D eigenvalue weighted by molar-refractivity contribution is 0.669. The van der Waals surface area contributed by atoms with Crippen molar-refractivity contribution >= 4 is 55.2 Å². The van der Waals surface area contributed by atoms with Crippen molar-refractivity contribution in [3.05, 3.63) is 193 Å². The van der Waals surface area contributed by atoms with Crippen molar-refractivity contribution in [2.75, 3.05) is 0 Å². The number of hydrogen-bond acceptors (Lipinski definition) is 4. The van der Waals surface area contributed by atoms with Gasteiger partial charge in [0, 0.05) is 33.0 Å². The highest BCUT2D eigenvalue weighted by Crippen LogP contribution is 2.41. The Kier molecular flexibility index (Phi) is 6.85. The Morgan fingerprint density at radius 1 is 0.471 bits per heavy atom. The Labute approximate surface area is 295 Å². The van der Waals surface area contributed by atoms with E-state index in [1.165, 1.54) is 16.5 Å². The Morgan fingerprint density at radius 2 is 1.08 bits per heavy atom. The second-order valence-corrected chi connectivity index (χ2v) is 13.0. The Balaban J connectivity index is 1.19. The summed E-state index contributed by atoms with van der Waals surface area (Å²) < 4.78 is 6.86. The molecule has 4 nitrogen and oxygen atoms in total. The highest BCUT2D eigenvalue weighted by molar-refractivity contribution is 6.24. The van der Waals surface area contributed by atoms with Gasteiger partial charge in [-0.3, -0.25) is 0 Å². The van der Waals surface area contributed by atoms with E-state index in [4.69, 9.17) is 14.4 Å². The van der Waals surface area contributed by atoms with E-state index < -0.39 is 0 Å². The van der Waals surface area contributed by atoms with Crippen LogP contribution in [-0.4, -0.2) is 11.7 Å². The minimum Gasteiger partial charge on any atom is -0.455 e. The van der Waals surface area contributed by atoms with Crippen LogP contribution in [0.1, 0.15) is 22.9 Å². The van der Waals surface area contributed by atoms with Gasteiger partial charge in [0.05, 0.1) is 0 Å². The maximum Gasteiger partial charge on any atom is 0.159 e. The highest BCUT2D eigenvalue weighted by atomic mass is 16.3. The third-order valence-corrected chi connectivity index (χ3v) is 9.94. The van der Waals surface area contributed by atoms with Crippen molar-refractivity contribution in [1.82, 2.24) is 5.32 Å². The van der Waals surface area contributed by atoms with Crippen LogP contribution in [0.4, 0.5) is 0 Å². The molecule has 1 aliphatic rings. The van der Waals surface area contributed by atoms with Gasteiger partial charge in [-0.2, -0.15) is 0 Å². The van der Waals surface area contributed by atoms with Crippen LogP contribution in [0, 0.1) is 0 Å². The number of fused-ring (bicyclic) bond motifs is 5. The predicted octanol–water partition coefficient (Wildman–Crippen LogP) is 11.7. The van der Waals surface area contributed by atoms with Crippen molar-refractivity contribution in [2.45, 2.75) is 6.17 Å². The molecule has 0 fully saturated rings. The predicted molar refractivity (Wildman–Crippen MR) is 211 cm³/mol. The molecule has 8 aromatic carbocycles. The van der Waals surface area contributed by atoms with E-state index in [1.807, 2.05) is 24.3 Å². The highest BCUT2D eigenvalue weighted by Gasteiger charge is 2.26. The molecule has 0 radical (unpaired) electrons. The maximum atomic E-state index is 6.86. The molecule has 10 rings (SSSR count). The minimum atomic E-state index is -0.349. The third kappa shape index (κ3) is 5.08. The lowest BCUT2D eigenvalue weighted by atomic mass is 9.95. The quantitative estimate of drug-likeness (QED) is 0.201. The molecule has 9 aromatic rings. The summed E-state index contributed by atoms with van der Waals surface area (Å²) in [6.07, 6.45) is -0.349. The molecule has 1 unspecified atom stereocenters. The molecule has 51 heavy (non-hydrogen) atoms. The number of amidine groups is 2. The third-order valence-electron chi connectivity index (χ3n) is 9.94. The number of nitrogens with zero attached hydrogens (tertiary/aromatic N) is 2. The van der Waals surface area contributed by atoms with Crippen molar-refractivity contribution in [1.29, 1.82) is 0 Å². The van der Waals surface area contributed by atoms with Gasteiger partial charge in [-0.05, 0) is 62.5 Å². The summed E-state index contributed by atoms with van der Waals surface area (Å²) in [5.74, 6) is 1.45. The molecule has 4 heteroatoms. The molecule has 0 saturated heterocycles. The van der Waals surface area contributed by atoms with Crippen molar-refractivity contribution in [3.8, 4) is 22.3 Å². The van der Waals surface area contributed by atoms with Gasteiger partial charge < -0.3 is 9.73 Å². The lowest BCUT2D eigenvalue weighted by Gasteiger charge is -2.25. The van der Waals surface area contributed by atoms with Gasteiger partial charge in [-0.15, -0.1) is 0 Å². The fraction of sp³-hybridized carbons (Fsp3) is 0.0213. The molecule has 0 bridgehead atoms. The van der Waals surface area contributed by atoms with Crippen molar-refractivity contribution < 1.29 is 4.42 Å². The lowest BCUT2D eigenvalue weighted by Crippen LogP contribution is -2.33. The molecule has 0 spiro atoms. The number of nitrogens with one attached hydrogen (secondary N) is 1. The van der Waals surface area contributed by atoms with E-state index in [-0.39, 0.29) is 6.17 Å². The van der Waals surface area contributed by atoms with E-state index in [1.54, 1.807) is 0 Å². The fourth-order valence-electron chi connectivity index (χ4n) is 7.41. The first kappa shape index (κ1) is 29.2. The minimum absolute atomic E-state index is 0.349. The van der Waals surface area contributed by atoms with Crippen LogP contribution < -0.4 is 5.32 Å². The molecule has 0 aliphatic carbocycles. The summed E-state index contributed by atoms with van der Waals surface area (Å²) in [6, 6.07) is 61.6.